The third kappa shape index (κ3) is 6.42. The lowest BCUT2D eigenvalue weighted by molar-refractivity contribution is -0.275. The van der Waals surface area contributed by atoms with Crippen molar-refractivity contribution in [2.24, 2.45) is 0 Å². The molecule has 0 aromatic heterocycles. The van der Waals surface area contributed by atoms with E-state index >= 15 is 0 Å². The number of aliphatic hydroxyl groups excluding tert-OH is 1. The molecule has 0 radical (unpaired) electrons. The van der Waals surface area contributed by atoms with Gasteiger partial charge in [0.2, 0.25) is 11.8 Å². The maximum atomic E-state index is 14.1. The molecule has 206 valence electrons. The molecule has 38 heavy (non-hydrogen) atoms. The number of carbonyl (C=O) groups excluding carboxylic acids is 2. The number of fused-ring (bicyclic) bond motifs is 1. The van der Waals surface area contributed by atoms with Gasteiger partial charge in [0.1, 0.15) is 5.75 Å². The summed E-state index contributed by atoms with van der Waals surface area (Å²) < 4.78 is 80.7. The number of alkyl halides is 3. The number of rotatable bonds is 7. The molecule has 1 fully saturated rings. The topological polar surface area (TPSA) is 116 Å². The Kier molecular flexibility index (Phi) is 7.68. The third-order valence-electron chi connectivity index (χ3n) is 6.43. The molecule has 2 N–H and O–H groups in total. The number of amides is 2. The first kappa shape index (κ1) is 27.8. The van der Waals surface area contributed by atoms with E-state index in [1.165, 1.54) is 36.2 Å². The van der Waals surface area contributed by atoms with Gasteiger partial charge in [-0.05, 0) is 41.8 Å². The Balaban J connectivity index is 1.60. The number of sulfone groups is 1. The van der Waals surface area contributed by atoms with Gasteiger partial charge in [0.25, 0.3) is 0 Å². The molecule has 2 aliphatic heterocycles. The summed E-state index contributed by atoms with van der Waals surface area (Å²) in [7, 11) is -2.35. The highest BCUT2D eigenvalue weighted by Gasteiger charge is 2.34. The van der Waals surface area contributed by atoms with Crippen LogP contribution in [-0.2, 0) is 25.8 Å². The minimum atomic E-state index is -5.12. The van der Waals surface area contributed by atoms with Crippen LogP contribution in [-0.4, -0.2) is 80.0 Å². The maximum Gasteiger partial charge on any atom is 0.573 e. The molecule has 2 aromatic carbocycles. The van der Waals surface area contributed by atoms with Crippen LogP contribution in [0.1, 0.15) is 23.6 Å². The number of benzene rings is 2. The maximum absolute atomic E-state index is 14.1. The van der Waals surface area contributed by atoms with Crippen LogP contribution in [0.4, 0.5) is 23.2 Å². The molecule has 2 aliphatic rings. The number of hydrogen-bond donors (Lipinski definition) is 2. The monoisotopic (exact) mass is 559 g/mol. The van der Waals surface area contributed by atoms with Gasteiger partial charge < -0.3 is 20.1 Å². The van der Waals surface area contributed by atoms with Crippen molar-refractivity contribution in [2.45, 2.75) is 36.2 Å². The highest BCUT2D eigenvalue weighted by atomic mass is 32.2. The number of anilines is 1. The van der Waals surface area contributed by atoms with Crippen LogP contribution in [0.2, 0.25) is 0 Å². The minimum absolute atomic E-state index is 0.0595. The first-order valence-corrected chi connectivity index (χ1v) is 13.2. The normalized spacial score (nSPS) is 19.9. The van der Waals surface area contributed by atoms with Gasteiger partial charge in [-0.1, -0.05) is 12.1 Å². The lowest BCUT2D eigenvalue weighted by atomic mass is 10.0. The smallest absolute Gasteiger partial charge is 0.403 e. The fourth-order valence-electron chi connectivity index (χ4n) is 4.57. The summed E-state index contributed by atoms with van der Waals surface area (Å²) in [6.07, 6.45) is -5.44. The van der Waals surface area contributed by atoms with Gasteiger partial charge in [-0.2, -0.15) is 0 Å². The van der Waals surface area contributed by atoms with Gasteiger partial charge in [-0.25, -0.2) is 12.8 Å². The van der Waals surface area contributed by atoms with E-state index in [-0.39, 0.29) is 29.1 Å². The Labute approximate surface area is 215 Å². The van der Waals surface area contributed by atoms with Crippen LogP contribution in [0.15, 0.2) is 41.3 Å². The number of likely N-dealkylation sites (tertiary alicyclic amines) is 1. The van der Waals surface area contributed by atoms with E-state index in [0.717, 1.165) is 12.1 Å². The lowest BCUT2D eigenvalue weighted by Gasteiger charge is -2.32. The minimum Gasteiger partial charge on any atom is -0.403 e. The predicted molar refractivity (Wildman–Crippen MR) is 126 cm³/mol. The van der Waals surface area contributed by atoms with Crippen molar-refractivity contribution in [2.75, 3.05) is 37.8 Å². The van der Waals surface area contributed by atoms with Crippen molar-refractivity contribution in [1.29, 1.82) is 0 Å². The summed E-state index contributed by atoms with van der Waals surface area (Å²) in [5.41, 5.74) is 0.643. The molecular weight excluding hydrogens is 534 g/mol. The number of nitrogens with zero attached hydrogens (tertiary/aromatic N) is 2. The molecule has 0 saturated carbocycles. The zero-order valence-electron chi connectivity index (χ0n) is 20.2. The number of β-amino-alcohol motifs (C(OH)–C–C–N with tert-alkyl or cyclic N) is 1. The molecule has 0 aliphatic carbocycles. The summed E-state index contributed by atoms with van der Waals surface area (Å²) in [5.74, 6) is -4.09. The fourth-order valence-corrected chi connectivity index (χ4v) is 5.86. The quantitative estimate of drug-likeness (QED) is 0.500. The highest BCUT2D eigenvalue weighted by Crippen LogP contribution is 2.32. The van der Waals surface area contributed by atoms with Gasteiger partial charge >= 0.3 is 6.36 Å². The van der Waals surface area contributed by atoms with E-state index in [1.807, 2.05) is 4.90 Å². The molecule has 2 heterocycles. The summed E-state index contributed by atoms with van der Waals surface area (Å²) in [4.78, 5) is 28.1. The van der Waals surface area contributed by atoms with E-state index in [4.69, 9.17) is 0 Å². The molecule has 9 nitrogen and oxygen atoms in total. The van der Waals surface area contributed by atoms with Crippen molar-refractivity contribution >= 4 is 27.3 Å². The molecule has 2 atom stereocenters. The Morgan fingerprint density at radius 2 is 2.00 bits per heavy atom. The fraction of sp³-hybridized carbons (Fsp3) is 0.417. The van der Waals surface area contributed by atoms with Gasteiger partial charge in [-0.15, -0.1) is 13.2 Å². The highest BCUT2D eigenvalue weighted by molar-refractivity contribution is 7.92. The second-order valence-electron chi connectivity index (χ2n) is 9.27. The van der Waals surface area contributed by atoms with Crippen molar-refractivity contribution in [3.63, 3.8) is 0 Å². The van der Waals surface area contributed by atoms with Gasteiger partial charge in [0.05, 0.1) is 29.1 Å². The van der Waals surface area contributed by atoms with Crippen molar-refractivity contribution in [3.8, 4) is 5.75 Å². The molecule has 0 spiro atoms. The number of aliphatic hydroxyl groups is 1. The summed E-state index contributed by atoms with van der Waals surface area (Å²) in [6.45, 7) is 0.936. The number of likely N-dealkylation sites (N-methyl/N-ethyl adjacent to an activating group) is 1. The molecular formula is C24H25F4N3O6S. The largest absolute Gasteiger partial charge is 0.573 e. The first-order valence-electron chi connectivity index (χ1n) is 11.6. The van der Waals surface area contributed by atoms with Gasteiger partial charge in [-0.3, -0.25) is 14.5 Å². The van der Waals surface area contributed by atoms with Crippen LogP contribution in [0.25, 0.3) is 0 Å². The third-order valence-corrected chi connectivity index (χ3v) is 8.10. The molecule has 0 unspecified atom stereocenters. The second-order valence-corrected chi connectivity index (χ2v) is 11.2. The molecule has 14 heteroatoms. The van der Waals surface area contributed by atoms with E-state index in [2.05, 4.69) is 10.1 Å². The van der Waals surface area contributed by atoms with Gasteiger partial charge in [0.15, 0.2) is 21.4 Å². The Hall–Kier alpha value is -3.23. The molecule has 4 rings (SSSR count). The summed E-state index contributed by atoms with van der Waals surface area (Å²) in [5, 5.41) is 12.4. The predicted octanol–water partition coefficient (Wildman–Crippen LogP) is 2.26. The Morgan fingerprint density at radius 1 is 1.26 bits per heavy atom. The van der Waals surface area contributed by atoms with Crippen molar-refractivity contribution in [3.05, 3.63) is 53.3 Å². The van der Waals surface area contributed by atoms with Crippen molar-refractivity contribution in [1.82, 2.24) is 9.80 Å². The van der Waals surface area contributed by atoms with E-state index in [9.17, 15) is 40.7 Å². The number of carbonyl (C=O) groups is 2. The van der Waals surface area contributed by atoms with Crippen LogP contribution in [0.5, 0.6) is 5.75 Å². The van der Waals surface area contributed by atoms with Crippen molar-refractivity contribution < 1.29 is 45.4 Å². The zero-order valence-corrected chi connectivity index (χ0v) is 21.0. The zero-order chi connectivity index (χ0) is 27.8. The first-order chi connectivity index (χ1) is 17.7. The van der Waals surface area contributed by atoms with Crippen LogP contribution < -0.4 is 10.1 Å². The average Bonchev–Trinajstić information content (AvgIpc) is 3.21. The van der Waals surface area contributed by atoms with Crippen LogP contribution >= 0.6 is 0 Å². The molecule has 1 saturated heterocycles. The van der Waals surface area contributed by atoms with E-state index in [1.54, 1.807) is 0 Å². The molecule has 0 bridgehead atoms. The second kappa shape index (κ2) is 10.5. The number of ether oxygens (including phenoxy) is 1. The van der Waals surface area contributed by atoms with E-state index < -0.39 is 57.5 Å². The van der Waals surface area contributed by atoms with E-state index in [0.29, 0.717) is 25.1 Å². The van der Waals surface area contributed by atoms with Gasteiger partial charge in [0, 0.05) is 26.7 Å². The Bertz CT molecular complexity index is 1350. The SMILES string of the molecule is CN(C(=O)Cc1ccc2c(c1)NC(=O)CS2(=O)=O)[C@H](CN1CC[C@H](O)C1)c1ccc(F)c(OC(F)(F)F)c1. The lowest BCUT2D eigenvalue weighted by Crippen LogP contribution is -2.39. The average molecular weight is 560 g/mol. The Morgan fingerprint density at radius 3 is 2.66 bits per heavy atom. The van der Waals surface area contributed by atoms with Crippen LogP contribution in [0.3, 0.4) is 0 Å². The summed E-state index contributed by atoms with van der Waals surface area (Å²) in [6, 6.07) is 6.28. The number of nitrogens with one attached hydrogen (secondary N) is 1. The van der Waals surface area contributed by atoms with Crippen LogP contribution in [0, 0.1) is 5.82 Å². The number of halogens is 4. The molecule has 2 amide bonds. The number of hydrogen-bond acceptors (Lipinski definition) is 7. The molecule has 2 aromatic rings. The summed E-state index contributed by atoms with van der Waals surface area (Å²) >= 11 is 0. The standard InChI is InChI=1S/C24H25F4N3O6S/c1-30(23(34)9-14-2-5-21-18(8-14)29-22(33)13-38(21,35)36)19(12-31-7-6-16(32)11-31)15-3-4-17(25)20(10-15)37-24(26,27)28/h2-5,8,10,16,19,32H,6-7,9,11-13H2,1H3,(H,29,33)/t16-,19+/m0/s1.